The molecule has 0 bridgehead atoms. The van der Waals surface area contributed by atoms with Gasteiger partial charge in [-0.15, -0.1) is 0 Å². The maximum Gasteiger partial charge on any atom is 0.416 e. The van der Waals surface area contributed by atoms with Crippen LogP contribution in [0.3, 0.4) is 0 Å². The first-order valence-electron chi connectivity index (χ1n) is 5.43. The molecule has 0 aliphatic rings. The average Bonchev–Trinajstić information content (AvgIpc) is 2.24. The van der Waals surface area contributed by atoms with Crippen LogP contribution in [-0.4, -0.2) is 20.6 Å². The molecular formula is C12H17F3N2. The van der Waals surface area contributed by atoms with Crippen LogP contribution >= 0.6 is 0 Å². The quantitative estimate of drug-likeness (QED) is 0.885. The number of nitrogens with two attached hydrogens (primary N) is 1. The second kappa shape index (κ2) is 5.40. The van der Waals surface area contributed by atoms with Crippen molar-refractivity contribution in [2.45, 2.75) is 19.0 Å². The van der Waals surface area contributed by atoms with Crippen LogP contribution in [-0.2, 0) is 12.6 Å². The molecule has 17 heavy (non-hydrogen) atoms. The number of nitrogens with zero attached hydrogens (tertiary/aromatic N) is 1. The zero-order valence-corrected chi connectivity index (χ0v) is 10.0. The van der Waals surface area contributed by atoms with Crippen LogP contribution in [0.25, 0.3) is 0 Å². The third kappa shape index (κ3) is 3.63. The van der Waals surface area contributed by atoms with Crippen molar-refractivity contribution in [2.75, 3.05) is 25.5 Å². The lowest BCUT2D eigenvalue weighted by atomic mass is 10.0. The van der Waals surface area contributed by atoms with E-state index >= 15 is 0 Å². The summed E-state index contributed by atoms with van der Waals surface area (Å²) in [4.78, 5) is 1.81. The van der Waals surface area contributed by atoms with E-state index in [1.54, 1.807) is 0 Å². The molecule has 2 N–H and O–H groups in total. The standard InChI is InChI=1S/C12H17F3N2/c1-17(2)11-6-5-10(12(13,14)15)8-9(11)4-3-7-16/h5-6,8H,3-4,7,16H2,1-2H3. The lowest BCUT2D eigenvalue weighted by Crippen LogP contribution is -2.14. The monoisotopic (exact) mass is 246 g/mol. The first kappa shape index (κ1) is 13.8. The molecule has 5 heteroatoms. The van der Waals surface area contributed by atoms with Gasteiger partial charge in [0.2, 0.25) is 0 Å². The van der Waals surface area contributed by atoms with E-state index in [1.165, 1.54) is 12.1 Å². The fraction of sp³-hybridized carbons (Fsp3) is 0.500. The topological polar surface area (TPSA) is 29.3 Å². The summed E-state index contributed by atoms with van der Waals surface area (Å²) in [6, 6.07) is 3.83. The summed E-state index contributed by atoms with van der Waals surface area (Å²) in [7, 11) is 3.63. The van der Waals surface area contributed by atoms with E-state index < -0.39 is 11.7 Å². The molecule has 0 aromatic heterocycles. The van der Waals surface area contributed by atoms with Crippen molar-refractivity contribution < 1.29 is 13.2 Å². The summed E-state index contributed by atoms with van der Waals surface area (Å²) in [5.41, 5.74) is 6.29. The summed E-state index contributed by atoms with van der Waals surface area (Å²) in [5, 5.41) is 0. The van der Waals surface area contributed by atoms with Gasteiger partial charge >= 0.3 is 6.18 Å². The van der Waals surface area contributed by atoms with E-state index in [2.05, 4.69) is 0 Å². The normalized spacial score (nSPS) is 11.6. The lowest BCUT2D eigenvalue weighted by Gasteiger charge is -2.19. The summed E-state index contributed by atoms with van der Waals surface area (Å²) >= 11 is 0. The van der Waals surface area contributed by atoms with Gasteiger partial charge in [0.25, 0.3) is 0 Å². The van der Waals surface area contributed by atoms with Crippen LogP contribution in [0, 0.1) is 0 Å². The summed E-state index contributed by atoms with van der Waals surface area (Å²) in [6.07, 6.45) is -3.04. The molecule has 0 aliphatic carbocycles. The third-order valence-electron chi connectivity index (χ3n) is 2.54. The number of halogens is 3. The Morgan fingerprint density at radius 3 is 2.35 bits per heavy atom. The van der Waals surface area contributed by atoms with Gasteiger partial charge in [-0.2, -0.15) is 13.2 Å². The number of hydrogen-bond donors (Lipinski definition) is 1. The molecule has 0 saturated carbocycles. The van der Waals surface area contributed by atoms with Crippen LogP contribution < -0.4 is 10.6 Å². The second-order valence-corrected chi connectivity index (χ2v) is 4.13. The van der Waals surface area contributed by atoms with Gasteiger partial charge in [-0.05, 0) is 43.1 Å². The molecule has 0 atom stereocenters. The molecule has 0 unspecified atom stereocenters. The largest absolute Gasteiger partial charge is 0.416 e. The number of hydrogen-bond acceptors (Lipinski definition) is 2. The van der Waals surface area contributed by atoms with Crippen molar-refractivity contribution >= 4 is 5.69 Å². The molecule has 1 aromatic rings. The molecule has 0 aliphatic heterocycles. The molecule has 1 rings (SSSR count). The minimum absolute atomic E-state index is 0.475. The third-order valence-corrected chi connectivity index (χ3v) is 2.54. The van der Waals surface area contributed by atoms with Gasteiger partial charge in [0, 0.05) is 19.8 Å². The van der Waals surface area contributed by atoms with Crippen molar-refractivity contribution in [2.24, 2.45) is 5.73 Å². The second-order valence-electron chi connectivity index (χ2n) is 4.13. The first-order chi connectivity index (χ1) is 7.86. The molecule has 0 fully saturated rings. The molecule has 0 heterocycles. The molecule has 96 valence electrons. The average molecular weight is 246 g/mol. The van der Waals surface area contributed by atoms with Gasteiger partial charge in [0.15, 0.2) is 0 Å². The summed E-state index contributed by atoms with van der Waals surface area (Å²) in [5.74, 6) is 0. The van der Waals surface area contributed by atoms with Gasteiger partial charge in [-0.25, -0.2) is 0 Å². The van der Waals surface area contributed by atoms with Crippen LogP contribution in [0.5, 0.6) is 0 Å². The summed E-state index contributed by atoms with van der Waals surface area (Å²) < 4.78 is 37.8. The van der Waals surface area contributed by atoms with Gasteiger partial charge in [0.05, 0.1) is 5.56 Å². The fourth-order valence-corrected chi connectivity index (χ4v) is 1.69. The SMILES string of the molecule is CN(C)c1ccc(C(F)(F)F)cc1CCCN. The van der Waals surface area contributed by atoms with Gasteiger partial charge in [0.1, 0.15) is 0 Å². The highest BCUT2D eigenvalue weighted by molar-refractivity contribution is 5.54. The van der Waals surface area contributed by atoms with Crippen LogP contribution in [0.1, 0.15) is 17.5 Å². The Morgan fingerprint density at radius 1 is 1.24 bits per heavy atom. The highest BCUT2D eigenvalue weighted by atomic mass is 19.4. The minimum Gasteiger partial charge on any atom is -0.377 e. The molecular weight excluding hydrogens is 229 g/mol. The van der Waals surface area contributed by atoms with Crippen molar-refractivity contribution in [1.82, 2.24) is 0 Å². The number of anilines is 1. The Morgan fingerprint density at radius 2 is 1.88 bits per heavy atom. The van der Waals surface area contributed by atoms with Crippen LogP contribution in [0.4, 0.5) is 18.9 Å². The Labute approximate surface area is 99.2 Å². The van der Waals surface area contributed by atoms with Crippen molar-refractivity contribution in [1.29, 1.82) is 0 Å². The number of alkyl halides is 3. The Kier molecular flexibility index (Phi) is 4.40. The molecule has 0 amide bonds. The maximum absolute atomic E-state index is 12.6. The van der Waals surface area contributed by atoms with Gasteiger partial charge in [-0.3, -0.25) is 0 Å². The smallest absolute Gasteiger partial charge is 0.377 e. The van der Waals surface area contributed by atoms with E-state index in [0.29, 0.717) is 24.9 Å². The zero-order valence-electron chi connectivity index (χ0n) is 10.0. The van der Waals surface area contributed by atoms with E-state index in [4.69, 9.17) is 5.73 Å². The van der Waals surface area contributed by atoms with E-state index in [9.17, 15) is 13.2 Å². The number of aryl methyl sites for hydroxylation is 1. The van der Waals surface area contributed by atoms with Crippen molar-refractivity contribution in [3.05, 3.63) is 29.3 Å². The van der Waals surface area contributed by atoms with E-state index in [0.717, 1.165) is 11.8 Å². The van der Waals surface area contributed by atoms with Crippen LogP contribution in [0.2, 0.25) is 0 Å². The highest BCUT2D eigenvalue weighted by Crippen LogP contribution is 2.32. The molecule has 2 nitrogen and oxygen atoms in total. The Bertz CT molecular complexity index is 373. The van der Waals surface area contributed by atoms with E-state index in [1.807, 2.05) is 19.0 Å². The number of rotatable bonds is 4. The molecule has 0 saturated heterocycles. The van der Waals surface area contributed by atoms with Crippen molar-refractivity contribution in [3.8, 4) is 0 Å². The molecule has 1 aromatic carbocycles. The predicted octanol–water partition coefficient (Wildman–Crippen LogP) is 2.66. The first-order valence-corrected chi connectivity index (χ1v) is 5.43. The van der Waals surface area contributed by atoms with Gasteiger partial charge < -0.3 is 10.6 Å². The number of benzene rings is 1. The lowest BCUT2D eigenvalue weighted by molar-refractivity contribution is -0.137. The fourth-order valence-electron chi connectivity index (χ4n) is 1.69. The zero-order chi connectivity index (χ0) is 13.1. The summed E-state index contributed by atoms with van der Waals surface area (Å²) in [6.45, 7) is 0.475. The van der Waals surface area contributed by atoms with Crippen LogP contribution in [0.15, 0.2) is 18.2 Å². The van der Waals surface area contributed by atoms with E-state index in [-0.39, 0.29) is 0 Å². The van der Waals surface area contributed by atoms with Crippen molar-refractivity contribution in [3.63, 3.8) is 0 Å². The van der Waals surface area contributed by atoms with Gasteiger partial charge in [-0.1, -0.05) is 0 Å². The Balaban J connectivity index is 3.10. The predicted molar refractivity (Wildman–Crippen MR) is 63.1 cm³/mol. The minimum atomic E-state index is -4.29. The molecule has 0 spiro atoms. The maximum atomic E-state index is 12.6. The Hall–Kier alpha value is -1.23. The highest BCUT2D eigenvalue weighted by Gasteiger charge is 2.30. The molecule has 0 radical (unpaired) electrons.